The number of rotatable bonds is 6. The first-order chi connectivity index (χ1) is 13.2. The van der Waals surface area contributed by atoms with Gasteiger partial charge in [-0.05, 0) is 43.2 Å². The summed E-state index contributed by atoms with van der Waals surface area (Å²) in [4.78, 5) is 11.3. The zero-order chi connectivity index (χ0) is 18.8. The molecule has 1 aliphatic rings. The molecule has 140 valence electrons. The molecule has 4 rings (SSSR count). The summed E-state index contributed by atoms with van der Waals surface area (Å²) in [6.07, 6.45) is 3.11. The lowest BCUT2D eigenvalue weighted by Gasteiger charge is -2.27. The summed E-state index contributed by atoms with van der Waals surface area (Å²) in [7, 11) is 0. The van der Waals surface area contributed by atoms with Crippen LogP contribution in [0.2, 0.25) is 0 Å². The summed E-state index contributed by atoms with van der Waals surface area (Å²) in [5.74, 6) is 0.539. The van der Waals surface area contributed by atoms with Crippen molar-refractivity contribution in [3.63, 3.8) is 0 Å². The molecule has 2 aromatic carbocycles. The van der Waals surface area contributed by atoms with Crippen LogP contribution in [0.3, 0.4) is 0 Å². The zero-order valence-electron chi connectivity index (χ0n) is 14.7. The first-order valence-electron chi connectivity index (χ1n) is 8.93. The van der Waals surface area contributed by atoms with Crippen molar-refractivity contribution < 1.29 is 8.78 Å². The van der Waals surface area contributed by atoms with Crippen molar-refractivity contribution in [3.8, 4) is 0 Å². The Balaban J connectivity index is 1.70. The minimum Gasteiger partial charge on any atom is -0.357 e. The van der Waals surface area contributed by atoms with Gasteiger partial charge in [0, 0.05) is 23.3 Å². The minimum absolute atomic E-state index is 0.304. The van der Waals surface area contributed by atoms with Gasteiger partial charge in [0.2, 0.25) is 0 Å². The second kappa shape index (κ2) is 7.76. The maximum Gasteiger partial charge on any atom is 0.129 e. The Morgan fingerprint density at radius 1 is 1.11 bits per heavy atom. The van der Waals surface area contributed by atoms with Gasteiger partial charge < -0.3 is 9.47 Å². The highest BCUT2D eigenvalue weighted by Crippen LogP contribution is 2.34. The Labute approximate surface area is 164 Å². The van der Waals surface area contributed by atoms with Gasteiger partial charge in [-0.3, -0.25) is 9.38 Å². The topological polar surface area (TPSA) is 33.4 Å². The van der Waals surface area contributed by atoms with Crippen LogP contribution in [-0.4, -0.2) is 29.0 Å². The van der Waals surface area contributed by atoms with Crippen molar-refractivity contribution in [2.75, 3.05) is 18.1 Å². The highest BCUT2D eigenvalue weighted by atomic mass is 79.9. The average Bonchev–Trinajstić information content (AvgIpc) is 2.99. The van der Waals surface area contributed by atoms with E-state index in [0.717, 1.165) is 33.6 Å². The molecule has 0 unspecified atom stereocenters. The predicted octanol–water partition coefficient (Wildman–Crippen LogP) is 5.41. The largest absolute Gasteiger partial charge is 0.357 e. The monoisotopic (exact) mass is 432 g/mol. The van der Waals surface area contributed by atoms with E-state index in [2.05, 4.69) is 35.4 Å². The first-order valence-corrected chi connectivity index (χ1v) is 9.72. The Morgan fingerprint density at radius 2 is 2.00 bits per heavy atom. The van der Waals surface area contributed by atoms with E-state index in [0.29, 0.717) is 31.6 Å². The molecule has 0 amide bonds. The van der Waals surface area contributed by atoms with Crippen LogP contribution in [0.15, 0.2) is 45.9 Å². The quantitative estimate of drug-likeness (QED) is 0.487. The van der Waals surface area contributed by atoms with Crippen molar-refractivity contribution in [2.45, 2.75) is 25.9 Å². The minimum atomic E-state index is -0.333. The number of aryl methyl sites for hydroxylation is 1. The lowest BCUT2D eigenvalue weighted by atomic mass is 10.2. The molecule has 1 aromatic heterocycles. The van der Waals surface area contributed by atoms with Gasteiger partial charge in [-0.25, -0.2) is 9.37 Å². The summed E-state index contributed by atoms with van der Waals surface area (Å²) >= 11 is 3.52. The Kier molecular flexibility index (Phi) is 5.20. The molecule has 7 heteroatoms. The van der Waals surface area contributed by atoms with Crippen molar-refractivity contribution >= 4 is 44.6 Å². The molecule has 0 bridgehead atoms. The summed E-state index contributed by atoms with van der Waals surface area (Å²) < 4.78 is 29.3. The number of halogens is 3. The van der Waals surface area contributed by atoms with Gasteiger partial charge in [-0.15, -0.1) is 0 Å². The number of aliphatic imine (C=N–C) groups is 1. The normalized spacial score (nSPS) is 13.4. The van der Waals surface area contributed by atoms with Gasteiger partial charge in [0.25, 0.3) is 0 Å². The molecule has 3 aromatic rings. The molecule has 0 saturated heterocycles. The van der Waals surface area contributed by atoms with E-state index in [1.165, 1.54) is 12.1 Å². The number of hydrogen-bond acceptors (Lipinski definition) is 3. The van der Waals surface area contributed by atoms with Gasteiger partial charge in [-0.2, -0.15) is 0 Å². The third kappa shape index (κ3) is 3.74. The molecule has 4 nitrogen and oxygen atoms in total. The van der Waals surface area contributed by atoms with Crippen molar-refractivity contribution in [1.29, 1.82) is 0 Å². The maximum absolute atomic E-state index is 13.7. The van der Waals surface area contributed by atoms with Crippen LogP contribution in [0.1, 0.15) is 18.7 Å². The number of benzene rings is 2. The summed E-state index contributed by atoms with van der Waals surface area (Å²) in [6.45, 7) is 1.57. The molecule has 0 atom stereocenters. The molecule has 0 fully saturated rings. The first kappa shape index (κ1) is 18.1. The van der Waals surface area contributed by atoms with Gasteiger partial charge >= 0.3 is 0 Å². The number of hydrogen-bond donors (Lipinski definition) is 0. The lowest BCUT2D eigenvalue weighted by Crippen LogP contribution is -2.28. The van der Waals surface area contributed by atoms with Crippen LogP contribution in [-0.2, 0) is 13.1 Å². The molecule has 0 spiro atoms. The Morgan fingerprint density at radius 3 is 2.85 bits per heavy atom. The van der Waals surface area contributed by atoms with Crippen LogP contribution in [0, 0.1) is 5.82 Å². The van der Waals surface area contributed by atoms with E-state index in [1.807, 2.05) is 24.4 Å². The van der Waals surface area contributed by atoms with Crippen LogP contribution in [0.25, 0.3) is 11.0 Å². The number of anilines is 1. The fourth-order valence-electron chi connectivity index (χ4n) is 3.40. The molecular weight excluding hydrogens is 414 g/mol. The second-order valence-corrected chi connectivity index (χ2v) is 7.45. The molecule has 2 heterocycles. The number of imidazole rings is 1. The third-order valence-electron chi connectivity index (χ3n) is 4.70. The third-order valence-corrected chi connectivity index (χ3v) is 5.19. The fourth-order valence-corrected chi connectivity index (χ4v) is 3.75. The number of nitrogens with zero attached hydrogens (tertiary/aromatic N) is 4. The highest BCUT2D eigenvalue weighted by molar-refractivity contribution is 9.10. The van der Waals surface area contributed by atoms with Crippen LogP contribution >= 0.6 is 15.9 Å². The van der Waals surface area contributed by atoms with Gasteiger partial charge in [0.1, 0.15) is 11.6 Å². The van der Waals surface area contributed by atoms with E-state index in [4.69, 9.17) is 0 Å². The molecule has 0 aliphatic carbocycles. The van der Waals surface area contributed by atoms with Gasteiger partial charge in [0.15, 0.2) is 0 Å². The lowest BCUT2D eigenvalue weighted by molar-refractivity contribution is 0.446. The number of unbranched alkanes of at least 4 members (excludes halogenated alkanes) is 1. The van der Waals surface area contributed by atoms with E-state index < -0.39 is 0 Å². The Hall–Kier alpha value is -2.28. The molecule has 0 N–H and O–H groups in total. The zero-order valence-corrected chi connectivity index (χ0v) is 16.3. The van der Waals surface area contributed by atoms with Crippen molar-refractivity contribution in [2.24, 2.45) is 4.99 Å². The van der Waals surface area contributed by atoms with E-state index >= 15 is 0 Å². The van der Waals surface area contributed by atoms with Gasteiger partial charge in [-0.1, -0.05) is 15.9 Å². The van der Waals surface area contributed by atoms with E-state index in [-0.39, 0.29) is 12.5 Å². The molecule has 0 saturated carbocycles. The fraction of sp³-hybridized carbons (Fsp3) is 0.300. The van der Waals surface area contributed by atoms with Crippen LogP contribution in [0.5, 0.6) is 0 Å². The smallest absolute Gasteiger partial charge is 0.129 e. The standard InChI is InChI=1S/C20H19BrF2N4/c21-14-3-5-16-19(11-14)26(10-8-24-16)13-20-25-17-12-15(23)4-6-18(17)27(20)9-2-1-7-22/h3-6,8,11-12H,1-2,7,9-10,13H2. The SMILES string of the molecule is FCCCCn1c(CN2CC=Nc3ccc(Br)cc32)nc2cc(F)ccc21. The molecule has 1 aliphatic heterocycles. The molecular formula is C20H19BrF2N4. The summed E-state index contributed by atoms with van der Waals surface area (Å²) in [5, 5.41) is 0. The van der Waals surface area contributed by atoms with Crippen molar-refractivity contribution in [3.05, 3.63) is 52.5 Å². The summed E-state index contributed by atoms with van der Waals surface area (Å²) in [6, 6.07) is 10.6. The average molecular weight is 433 g/mol. The van der Waals surface area contributed by atoms with Crippen LogP contribution in [0.4, 0.5) is 20.2 Å². The summed E-state index contributed by atoms with van der Waals surface area (Å²) in [5.41, 5.74) is 3.45. The second-order valence-electron chi connectivity index (χ2n) is 6.53. The van der Waals surface area contributed by atoms with E-state index in [1.54, 1.807) is 6.07 Å². The van der Waals surface area contributed by atoms with Crippen molar-refractivity contribution in [1.82, 2.24) is 9.55 Å². The molecule has 27 heavy (non-hydrogen) atoms. The predicted molar refractivity (Wildman–Crippen MR) is 108 cm³/mol. The number of fused-ring (bicyclic) bond motifs is 2. The van der Waals surface area contributed by atoms with Gasteiger partial charge in [0.05, 0.1) is 42.2 Å². The molecule has 0 radical (unpaired) electrons. The van der Waals surface area contributed by atoms with E-state index in [9.17, 15) is 8.78 Å². The maximum atomic E-state index is 13.7. The number of alkyl halides is 1. The number of aromatic nitrogens is 2. The Bertz CT molecular complexity index is 999. The highest BCUT2D eigenvalue weighted by Gasteiger charge is 2.19. The van der Waals surface area contributed by atoms with Crippen LogP contribution < -0.4 is 4.90 Å².